The molecular formula is C11H13BrClN. The van der Waals surface area contributed by atoms with Gasteiger partial charge in [-0.2, -0.15) is 0 Å². The van der Waals surface area contributed by atoms with Gasteiger partial charge in [0, 0.05) is 10.5 Å². The van der Waals surface area contributed by atoms with E-state index in [0.717, 1.165) is 27.4 Å². The molecule has 76 valence electrons. The molecule has 1 nitrogen and oxygen atoms in total. The summed E-state index contributed by atoms with van der Waals surface area (Å²) in [4.78, 5) is 0. The third kappa shape index (κ3) is 2.30. The number of rotatable bonds is 3. The van der Waals surface area contributed by atoms with Crippen LogP contribution in [-0.4, -0.2) is 0 Å². The lowest BCUT2D eigenvalue weighted by Crippen LogP contribution is -2.11. The lowest BCUT2D eigenvalue weighted by Gasteiger charge is -2.13. The molecule has 0 radical (unpaired) electrons. The second-order valence-electron chi connectivity index (χ2n) is 3.93. The zero-order valence-corrected chi connectivity index (χ0v) is 10.2. The Balaban J connectivity index is 2.16. The van der Waals surface area contributed by atoms with Crippen molar-refractivity contribution in [1.82, 2.24) is 0 Å². The fraction of sp³-hybridized carbons (Fsp3) is 0.455. The van der Waals surface area contributed by atoms with Crippen molar-refractivity contribution in [3.05, 3.63) is 33.3 Å². The van der Waals surface area contributed by atoms with Crippen molar-refractivity contribution in [1.29, 1.82) is 0 Å². The van der Waals surface area contributed by atoms with Gasteiger partial charge in [-0.3, -0.25) is 0 Å². The summed E-state index contributed by atoms with van der Waals surface area (Å²) in [6.07, 6.45) is 3.76. The maximum atomic E-state index is 6.12. The molecule has 0 aromatic heterocycles. The van der Waals surface area contributed by atoms with Gasteiger partial charge in [0.2, 0.25) is 0 Å². The number of nitrogens with two attached hydrogens (primary N) is 1. The molecule has 0 unspecified atom stereocenters. The Morgan fingerprint density at radius 2 is 2.21 bits per heavy atom. The Morgan fingerprint density at radius 3 is 2.86 bits per heavy atom. The van der Waals surface area contributed by atoms with Crippen LogP contribution in [0.1, 0.15) is 30.9 Å². The van der Waals surface area contributed by atoms with Crippen molar-refractivity contribution < 1.29 is 0 Å². The summed E-state index contributed by atoms with van der Waals surface area (Å²) in [6, 6.07) is 5.99. The van der Waals surface area contributed by atoms with E-state index >= 15 is 0 Å². The first-order valence-electron chi connectivity index (χ1n) is 4.88. The Bertz CT molecular complexity index is 336. The zero-order valence-electron chi connectivity index (χ0n) is 7.84. The minimum atomic E-state index is 0.121. The third-order valence-corrected chi connectivity index (χ3v) is 4.09. The van der Waals surface area contributed by atoms with Gasteiger partial charge in [0.1, 0.15) is 0 Å². The van der Waals surface area contributed by atoms with Gasteiger partial charge in [0.25, 0.3) is 0 Å². The van der Waals surface area contributed by atoms with Gasteiger partial charge >= 0.3 is 0 Å². The lowest BCUT2D eigenvalue weighted by molar-refractivity contribution is 0.595. The quantitative estimate of drug-likeness (QED) is 0.889. The van der Waals surface area contributed by atoms with Gasteiger partial charge in [-0.1, -0.05) is 36.6 Å². The summed E-state index contributed by atoms with van der Waals surface area (Å²) in [5, 5.41) is 0.744. The maximum absolute atomic E-state index is 6.12. The number of hydrogen-bond donors (Lipinski definition) is 1. The molecule has 1 fully saturated rings. The van der Waals surface area contributed by atoms with Gasteiger partial charge in [0.15, 0.2) is 0 Å². The van der Waals surface area contributed by atoms with E-state index in [-0.39, 0.29) is 6.04 Å². The van der Waals surface area contributed by atoms with Crippen molar-refractivity contribution >= 4 is 27.5 Å². The first-order valence-corrected chi connectivity index (χ1v) is 6.05. The van der Waals surface area contributed by atoms with E-state index in [9.17, 15) is 0 Å². The molecule has 0 bridgehead atoms. The maximum Gasteiger partial charge on any atom is 0.0551 e. The summed E-state index contributed by atoms with van der Waals surface area (Å²) >= 11 is 9.49. The van der Waals surface area contributed by atoms with Crippen molar-refractivity contribution in [2.45, 2.75) is 25.3 Å². The van der Waals surface area contributed by atoms with Crippen LogP contribution in [-0.2, 0) is 0 Å². The van der Waals surface area contributed by atoms with Crippen molar-refractivity contribution in [2.75, 3.05) is 0 Å². The van der Waals surface area contributed by atoms with Crippen LogP contribution >= 0.6 is 27.5 Å². The average molecular weight is 275 g/mol. The summed E-state index contributed by atoms with van der Waals surface area (Å²) < 4.78 is 0.954. The normalized spacial score (nSPS) is 18.2. The van der Waals surface area contributed by atoms with Crippen LogP contribution in [0.4, 0.5) is 0 Å². The molecule has 0 saturated heterocycles. The van der Waals surface area contributed by atoms with E-state index in [1.54, 1.807) is 0 Å². The fourth-order valence-corrected chi connectivity index (χ4v) is 2.39. The molecule has 1 aliphatic rings. The summed E-state index contributed by atoms with van der Waals surface area (Å²) in [6.45, 7) is 0. The lowest BCUT2D eigenvalue weighted by atomic mass is 10.0. The largest absolute Gasteiger partial charge is 0.324 e. The number of hydrogen-bond acceptors (Lipinski definition) is 1. The van der Waals surface area contributed by atoms with Crippen LogP contribution in [0, 0.1) is 5.92 Å². The highest BCUT2D eigenvalue weighted by Crippen LogP contribution is 2.39. The van der Waals surface area contributed by atoms with Gasteiger partial charge in [-0.05, 0) is 39.9 Å². The molecule has 0 aliphatic heterocycles. The molecule has 3 heteroatoms. The monoisotopic (exact) mass is 273 g/mol. The Morgan fingerprint density at radius 1 is 1.50 bits per heavy atom. The number of halogens is 2. The van der Waals surface area contributed by atoms with E-state index in [1.165, 1.54) is 12.8 Å². The van der Waals surface area contributed by atoms with Gasteiger partial charge in [-0.15, -0.1) is 0 Å². The Labute approximate surface area is 97.8 Å². The third-order valence-electron chi connectivity index (χ3n) is 2.67. The minimum absolute atomic E-state index is 0.121. The highest BCUT2D eigenvalue weighted by molar-refractivity contribution is 9.10. The molecule has 1 saturated carbocycles. The predicted octanol–water partition coefficient (Wildman–Crippen LogP) is 3.90. The molecule has 0 heterocycles. The van der Waals surface area contributed by atoms with Gasteiger partial charge in [-0.25, -0.2) is 0 Å². The van der Waals surface area contributed by atoms with Crippen molar-refractivity contribution in [3.8, 4) is 0 Å². The first-order chi connectivity index (χ1) is 6.68. The highest BCUT2D eigenvalue weighted by atomic mass is 79.9. The smallest absolute Gasteiger partial charge is 0.0551 e. The van der Waals surface area contributed by atoms with Crippen LogP contribution in [0.25, 0.3) is 0 Å². The van der Waals surface area contributed by atoms with E-state index < -0.39 is 0 Å². The SMILES string of the molecule is N[C@H](CC1CC1)c1cccc(Cl)c1Br. The van der Waals surface area contributed by atoms with Crippen LogP contribution in [0.3, 0.4) is 0 Å². The Hall–Kier alpha value is -0.0500. The van der Waals surface area contributed by atoms with Gasteiger partial charge < -0.3 is 5.73 Å². The first kappa shape index (κ1) is 10.5. The number of benzene rings is 1. The van der Waals surface area contributed by atoms with Crippen LogP contribution in [0.15, 0.2) is 22.7 Å². The topological polar surface area (TPSA) is 26.0 Å². The molecule has 1 atom stereocenters. The molecule has 2 N–H and O–H groups in total. The standard InChI is InChI=1S/C11H13BrClN/c12-11-8(2-1-3-9(11)13)10(14)6-7-4-5-7/h1-3,7,10H,4-6,14H2/t10-/m1/s1. The second-order valence-corrected chi connectivity index (χ2v) is 5.13. The average Bonchev–Trinajstić information content (AvgIpc) is 2.93. The zero-order chi connectivity index (χ0) is 10.1. The summed E-state index contributed by atoms with van der Waals surface area (Å²) in [5.41, 5.74) is 7.25. The van der Waals surface area contributed by atoms with Crippen molar-refractivity contribution in [2.24, 2.45) is 11.7 Å². The van der Waals surface area contributed by atoms with E-state index in [4.69, 9.17) is 17.3 Å². The molecule has 1 aromatic rings. The van der Waals surface area contributed by atoms with E-state index in [0.29, 0.717) is 0 Å². The molecular weight excluding hydrogens is 261 g/mol. The highest BCUT2D eigenvalue weighted by Gasteiger charge is 2.25. The molecule has 1 aliphatic carbocycles. The summed E-state index contributed by atoms with van der Waals surface area (Å²) in [7, 11) is 0. The fourth-order valence-electron chi connectivity index (χ4n) is 1.65. The van der Waals surface area contributed by atoms with Crippen LogP contribution in [0.2, 0.25) is 5.02 Å². The van der Waals surface area contributed by atoms with Gasteiger partial charge in [0.05, 0.1) is 5.02 Å². The van der Waals surface area contributed by atoms with E-state index in [2.05, 4.69) is 15.9 Å². The minimum Gasteiger partial charge on any atom is -0.324 e. The van der Waals surface area contributed by atoms with Crippen LogP contribution < -0.4 is 5.73 Å². The van der Waals surface area contributed by atoms with Crippen LogP contribution in [0.5, 0.6) is 0 Å². The summed E-state index contributed by atoms with van der Waals surface area (Å²) in [5.74, 6) is 0.843. The molecule has 2 rings (SSSR count). The predicted molar refractivity (Wildman–Crippen MR) is 63.4 cm³/mol. The van der Waals surface area contributed by atoms with Crippen molar-refractivity contribution in [3.63, 3.8) is 0 Å². The molecule has 14 heavy (non-hydrogen) atoms. The molecule has 1 aromatic carbocycles. The molecule has 0 amide bonds. The van der Waals surface area contributed by atoms with E-state index in [1.807, 2.05) is 18.2 Å². The second kappa shape index (κ2) is 4.21. The Kier molecular flexibility index (Phi) is 3.15. The molecule has 0 spiro atoms.